The summed E-state index contributed by atoms with van der Waals surface area (Å²) in [7, 11) is 0. The lowest BCUT2D eigenvalue weighted by molar-refractivity contribution is 0.0488. The van der Waals surface area contributed by atoms with Crippen LogP contribution in [-0.4, -0.2) is 71.7 Å². The maximum absolute atomic E-state index is 12.5. The summed E-state index contributed by atoms with van der Waals surface area (Å²) in [6, 6.07) is 9.25. The van der Waals surface area contributed by atoms with Crippen LogP contribution in [0.4, 0.5) is 5.95 Å². The fourth-order valence-electron chi connectivity index (χ4n) is 3.20. The van der Waals surface area contributed by atoms with E-state index in [1.54, 1.807) is 17.3 Å². The molecule has 0 radical (unpaired) electrons. The van der Waals surface area contributed by atoms with Gasteiger partial charge in [-0.1, -0.05) is 12.1 Å². The second-order valence-electron chi connectivity index (χ2n) is 6.22. The lowest BCUT2D eigenvalue weighted by Crippen LogP contribution is -2.50. The van der Waals surface area contributed by atoms with Gasteiger partial charge >= 0.3 is 0 Å². The van der Waals surface area contributed by atoms with Crippen LogP contribution >= 0.6 is 0 Å². The zero-order valence-corrected chi connectivity index (χ0v) is 14.0. The Kier molecular flexibility index (Phi) is 4.47. The van der Waals surface area contributed by atoms with Gasteiger partial charge in [0.2, 0.25) is 5.95 Å². The molecular formula is C18H21N5O2. The van der Waals surface area contributed by atoms with Crippen LogP contribution in [-0.2, 0) is 0 Å². The lowest BCUT2D eigenvalue weighted by atomic mass is 10.1. The van der Waals surface area contributed by atoms with E-state index in [9.17, 15) is 4.79 Å². The molecule has 2 aromatic rings. The van der Waals surface area contributed by atoms with Gasteiger partial charge in [-0.05, 0) is 18.2 Å². The fraction of sp³-hybridized carbons (Fsp3) is 0.389. The first-order valence-corrected chi connectivity index (χ1v) is 8.57. The van der Waals surface area contributed by atoms with Crippen molar-refractivity contribution in [2.75, 3.05) is 50.9 Å². The van der Waals surface area contributed by atoms with Crippen molar-refractivity contribution in [1.29, 1.82) is 0 Å². The molecule has 1 saturated heterocycles. The minimum atomic E-state index is 0.0539. The summed E-state index contributed by atoms with van der Waals surface area (Å²) in [5.74, 6) is 1.52. The highest BCUT2D eigenvalue weighted by Crippen LogP contribution is 2.24. The van der Waals surface area contributed by atoms with Crippen LogP contribution in [0.5, 0.6) is 5.75 Å². The molecule has 25 heavy (non-hydrogen) atoms. The molecule has 0 unspecified atom stereocenters. The van der Waals surface area contributed by atoms with Gasteiger partial charge in [-0.3, -0.25) is 9.69 Å². The molecule has 7 nitrogen and oxygen atoms in total. The van der Waals surface area contributed by atoms with E-state index in [2.05, 4.69) is 19.8 Å². The van der Waals surface area contributed by atoms with Gasteiger partial charge in [-0.25, -0.2) is 9.97 Å². The maximum Gasteiger partial charge on any atom is 0.260 e. The topological polar surface area (TPSA) is 61.8 Å². The second-order valence-corrected chi connectivity index (χ2v) is 6.22. The zero-order valence-electron chi connectivity index (χ0n) is 14.0. The summed E-state index contributed by atoms with van der Waals surface area (Å²) in [4.78, 5) is 27.5. The number of rotatable bonds is 4. The van der Waals surface area contributed by atoms with E-state index in [-0.39, 0.29) is 5.91 Å². The minimum Gasteiger partial charge on any atom is -0.472 e. The van der Waals surface area contributed by atoms with Crippen molar-refractivity contribution in [3.05, 3.63) is 48.3 Å². The Balaban J connectivity index is 1.28. The normalized spacial score (nSPS) is 18.0. The maximum atomic E-state index is 12.5. The first-order chi connectivity index (χ1) is 12.3. The van der Waals surface area contributed by atoms with Crippen LogP contribution < -0.4 is 9.64 Å². The van der Waals surface area contributed by atoms with E-state index in [4.69, 9.17) is 4.74 Å². The molecule has 1 amide bonds. The number of fused-ring (bicyclic) bond motifs is 1. The van der Waals surface area contributed by atoms with E-state index in [1.807, 2.05) is 30.3 Å². The monoisotopic (exact) mass is 339 g/mol. The smallest absolute Gasteiger partial charge is 0.260 e. The van der Waals surface area contributed by atoms with Crippen LogP contribution in [0.15, 0.2) is 42.7 Å². The largest absolute Gasteiger partial charge is 0.472 e. The number of para-hydroxylation sites is 1. The van der Waals surface area contributed by atoms with E-state index in [1.165, 1.54) is 0 Å². The van der Waals surface area contributed by atoms with Gasteiger partial charge in [0, 0.05) is 51.7 Å². The molecule has 130 valence electrons. The van der Waals surface area contributed by atoms with E-state index in [0.29, 0.717) is 24.6 Å². The summed E-state index contributed by atoms with van der Waals surface area (Å²) in [6.07, 6.45) is 3.54. The summed E-state index contributed by atoms with van der Waals surface area (Å²) in [5, 5.41) is 0. The third-order valence-electron chi connectivity index (χ3n) is 4.67. The van der Waals surface area contributed by atoms with Gasteiger partial charge in [0.05, 0.1) is 5.56 Å². The molecule has 2 aliphatic rings. The first kappa shape index (κ1) is 15.8. The average Bonchev–Trinajstić information content (AvgIpc) is 2.69. The van der Waals surface area contributed by atoms with Gasteiger partial charge in [-0.15, -0.1) is 0 Å². The highest BCUT2D eigenvalue weighted by molar-refractivity contribution is 5.97. The highest BCUT2D eigenvalue weighted by Gasteiger charge is 2.26. The van der Waals surface area contributed by atoms with E-state index < -0.39 is 0 Å². The number of benzene rings is 1. The van der Waals surface area contributed by atoms with Crippen molar-refractivity contribution >= 4 is 11.9 Å². The summed E-state index contributed by atoms with van der Waals surface area (Å²) in [6.45, 7) is 5.54. The number of hydrogen-bond donors (Lipinski definition) is 0. The lowest BCUT2D eigenvalue weighted by Gasteiger charge is -2.36. The van der Waals surface area contributed by atoms with Gasteiger partial charge in [0.1, 0.15) is 5.75 Å². The Morgan fingerprint density at radius 2 is 1.72 bits per heavy atom. The third kappa shape index (κ3) is 3.41. The van der Waals surface area contributed by atoms with E-state index in [0.717, 1.165) is 38.7 Å². The van der Waals surface area contributed by atoms with Crippen LogP contribution in [0, 0.1) is 0 Å². The predicted molar refractivity (Wildman–Crippen MR) is 93.7 cm³/mol. The molecule has 0 aliphatic carbocycles. The molecule has 2 aliphatic heterocycles. The van der Waals surface area contributed by atoms with Gasteiger partial charge in [-0.2, -0.15) is 0 Å². The minimum absolute atomic E-state index is 0.0539. The molecule has 1 aromatic carbocycles. The zero-order chi connectivity index (χ0) is 17.1. The molecule has 7 heteroatoms. The van der Waals surface area contributed by atoms with Gasteiger partial charge in [0.25, 0.3) is 5.91 Å². The molecule has 1 fully saturated rings. The predicted octanol–water partition coefficient (Wildman–Crippen LogP) is 1.09. The second kappa shape index (κ2) is 7.06. The molecule has 0 saturated carbocycles. The third-order valence-corrected chi connectivity index (χ3v) is 4.67. The number of nitrogens with zero attached hydrogens (tertiary/aromatic N) is 5. The Bertz CT molecular complexity index is 731. The molecule has 0 atom stereocenters. The Labute approximate surface area is 146 Å². The van der Waals surface area contributed by atoms with Crippen LogP contribution in [0.3, 0.4) is 0 Å². The number of aromatic nitrogens is 2. The Morgan fingerprint density at radius 3 is 2.52 bits per heavy atom. The van der Waals surface area contributed by atoms with Crippen molar-refractivity contribution in [2.45, 2.75) is 0 Å². The van der Waals surface area contributed by atoms with Crippen molar-refractivity contribution in [3.63, 3.8) is 0 Å². The molecule has 4 rings (SSSR count). The van der Waals surface area contributed by atoms with Crippen LogP contribution in [0.2, 0.25) is 0 Å². The number of ether oxygens (including phenoxy) is 1. The quantitative estimate of drug-likeness (QED) is 0.831. The standard InChI is InChI=1S/C18H21N5O2/c24-17-15-4-1-2-5-16(15)25-14-23(17)13-10-21-8-11-22(12-9-21)18-19-6-3-7-20-18/h1-7H,8-14H2. The Hall–Kier alpha value is -2.67. The molecule has 0 N–H and O–H groups in total. The van der Waals surface area contributed by atoms with Crippen LogP contribution in [0.1, 0.15) is 10.4 Å². The van der Waals surface area contributed by atoms with Crippen molar-refractivity contribution in [3.8, 4) is 5.75 Å². The first-order valence-electron chi connectivity index (χ1n) is 8.57. The summed E-state index contributed by atoms with van der Waals surface area (Å²) >= 11 is 0. The van der Waals surface area contributed by atoms with Gasteiger partial charge in [0.15, 0.2) is 6.73 Å². The average molecular weight is 339 g/mol. The molecular weight excluding hydrogens is 318 g/mol. The van der Waals surface area contributed by atoms with Crippen molar-refractivity contribution in [2.24, 2.45) is 0 Å². The summed E-state index contributed by atoms with van der Waals surface area (Å²) < 4.78 is 5.68. The fourth-order valence-corrected chi connectivity index (χ4v) is 3.20. The number of hydrogen-bond acceptors (Lipinski definition) is 6. The molecule has 0 spiro atoms. The summed E-state index contributed by atoms with van der Waals surface area (Å²) in [5.41, 5.74) is 0.653. The van der Waals surface area contributed by atoms with Crippen molar-refractivity contribution in [1.82, 2.24) is 19.8 Å². The molecule has 0 bridgehead atoms. The molecule has 1 aromatic heterocycles. The van der Waals surface area contributed by atoms with E-state index >= 15 is 0 Å². The SMILES string of the molecule is O=C1c2ccccc2OCN1CCN1CCN(c2ncccn2)CC1. The highest BCUT2D eigenvalue weighted by atomic mass is 16.5. The van der Waals surface area contributed by atoms with Crippen LogP contribution in [0.25, 0.3) is 0 Å². The van der Waals surface area contributed by atoms with Crippen molar-refractivity contribution < 1.29 is 9.53 Å². The number of amides is 1. The number of carbonyl (C=O) groups excluding carboxylic acids is 1. The molecule has 3 heterocycles. The number of carbonyl (C=O) groups is 1. The number of anilines is 1. The van der Waals surface area contributed by atoms with Gasteiger partial charge < -0.3 is 14.5 Å². The number of piperazine rings is 1. The Morgan fingerprint density at radius 1 is 0.960 bits per heavy atom.